The van der Waals surface area contributed by atoms with Crippen molar-refractivity contribution in [3.05, 3.63) is 107 Å². The molecule has 0 radical (unpaired) electrons. The van der Waals surface area contributed by atoms with Gasteiger partial charge in [-0.3, -0.25) is 9.52 Å². The van der Waals surface area contributed by atoms with E-state index in [2.05, 4.69) is 50.4 Å². The Morgan fingerprint density at radius 3 is 2.36 bits per heavy atom. The van der Waals surface area contributed by atoms with Gasteiger partial charge >= 0.3 is 12.2 Å². The van der Waals surface area contributed by atoms with Gasteiger partial charge in [0.25, 0.3) is 5.91 Å². The number of hydrogen-bond donors (Lipinski definition) is 3. The summed E-state index contributed by atoms with van der Waals surface area (Å²) in [5, 5.41) is 6.55. The van der Waals surface area contributed by atoms with Gasteiger partial charge in [-0.05, 0) is 77.9 Å². The zero-order valence-electron chi connectivity index (χ0n) is 22.9. The minimum Gasteiger partial charge on any atom is -0.306 e. The summed E-state index contributed by atoms with van der Waals surface area (Å²) in [4.78, 5) is 34.2. The van der Waals surface area contributed by atoms with E-state index in [1.165, 1.54) is 30.4 Å². The van der Waals surface area contributed by atoms with E-state index in [4.69, 9.17) is 0 Å². The Balaban J connectivity index is 1.32. The first-order valence-electron chi connectivity index (χ1n) is 12.8. The first kappa shape index (κ1) is 30.3. The van der Waals surface area contributed by atoms with Gasteiger partial charge in [-0.25, -0.2) is 20.2 Å². The molecule has 0 saturated carbocycles. The summed E-state index contributed by atoms with van der Waals surface area (Å²) in [6, 6.07) is 18.0. The lowest BCUT2D eigenvalue weighted by Crippen LogP contribution is -2.27. The molecular weight excluding hydrogens is 565 g/mol. The van der Waals surface area contributed by atoms with E-state index in [-0.39, 0.29) is 11.4 Å². The SMILES string of the molecule is Cc1ccc(C(C)C)c(SNC(=O)N/N=C/c2ccc(-c3nccc(NC(=O)c4ccc(C(F)(F)F)cc4)n3)cc2)c1. The first-order valence-corrected chi connectivity index (χ1v) is 13.6. The minimum absolute atomic E-state index is 0.0585. The van der Waals surface area contributed by atoms with Crippen molar-refractivity contribution >= 4 is 35.9 Å². The Morgan fingerprint density at radius 2 is 1.69 bits per heavy atom. The molecule has 0 fully saturated rings. The smallest absolute Gasteiger partial charge is 0.306 e. The number of aryl methyl sites for hydroxylation is 1. The van der Waals surface area contributed by atoms with Crippen LogP contribution < -0.4 is 15.5 Å². The van der Waals surface area contributed by atoms with Gasteiger partial charge in [0, 0.05) is 22.2 Å². The Hall–Kier alpha value is -4.71. The van der Waals surface area contributed by atoms with Crippen LogP contribution in [0.5, 0.6) is 0 Å². The second kappa shape index (κ2) is 13.3. The monoisotopic (exact) mass is 592 g/mol. The van der Waals surface area contributed by atoms with Crippen LogP contribution in [0.15, 0.2) is 89.0 Å². The highest BCUT2D eigenvalue weighted by Gasteiger charge is 2.30. The fourth-order valence-corrected chi connectivity index (χ4v) is 4.70. The molecule has 4 rings (SSSR count). The molecule has 3 N–H and O–H groups in total. The molecule has 0 aliphatic rings. The average molecular weight is 593 g/mol. The average Bonchev–Trinajstić information content (AvgIpc) is 2.96. The summed E-state index contributed by atoms with van der Waals surface area (Å²) in [7, 11) is 0. The molecule has 42 heavy (non-hydrogen) atoms. The molecule has 0 aliphatic heterocycles. The maximum absolute atomic E-state index is 12.8. The van der Waals surface area contributed by atoms with Crippen molar-refractivity contribution in [1.82, 2.24) is 20.1 Å². The largest absolute Gasteiger partial charge is 0.416 e. The van der Waals surface area contributed by atoms with Crippen molar-refractivity contribution in [3.8, 4) is 11.4 Å². The zero-order chi connectivity index (χ0) is 30.3. The first-order chi connectivity index (χ1) is 20.0. The number of halogens is 3. The van der Waals surface area contributed by atoms with Crippen LogP contribution in [0, 0.1) is 6.92 Å². The van der Waals surface area contributed by atoms with Gasteiger partial charge in [-0.15, -0.1) is 0 Å². The summed E-state index contributed by atoms with van der Waals surface area (Å²) >= 11 is 1.23. The lowest BCUT2D eigenvalue weighted by Gasteiger charge is -2.13. The van der Waals surface area contributed by atoms with Crippen LogP contribution >= 0.6 is 11.9 Å². The van der Waals surface area contributed by atoms with Crippen LogP contribution in [0.25, 0.3) is 11.4 Å². The van der Waals surface area contributed by atoms with Gasteiger partial charge in [-0.2, -0.15) is 18.3 Å². The normalized spacial score (nSPS) is 11.5. The summed E-state index contributed by atoms with van der Waals surface area (Å²) in [6.07, 6.45) is -1.54. The van der Waals surface area contributed by atoms with Gasteiger partial charge in [0.15, 0.2) is 5.82 Å². The highest BCUT2D eigenvalue weighted by Crippen LogP contribution is 2.29. The second-order valence-electron chi connectivity index (χ2n) is 9.52. The van der Waals surface area contributed by atoms with Gasteiger partial charge in [0.2, 0.25) is 0 Å². The Kier molecular flexibility index (Phi) is 9.58. The van der Waals surface area contributed by atoms with Crippen LogP contribution in [0.4, 0.5) is 23.8 Å². The number of benzene rings is 3. The van der Waals surface area contributed by atoms with Crippen LogP contribution in [-0.4, -0.2) is 28.1 Å². The van der Waals surface area contributed by atoms with E-state index in [9.17, 15) is 22.8 Å². The molecule has 0 aliphatic carbocycles. The molecule has 1 aromatic heterocycles. The Bertz CT molecular complexity index is 1590. The molecule has 216 valence electrons. The van der Waals surface area contributed by atoms with Gasteiger partial charge in [0.1, 0.15) is 5.82 Å². The summed E-state index contributed by atoms with van der Waals surface area (Å²) in [6.45, 7) is 6.19. The summed E-state index contributed by atoms with van der Waals surface area (Å²) in [5.41, 5.74) is 5.26. The van der Waals surface area contributed by atoms with Crippen LogP contribution in [0.2, 0.25) is 0 Å². The number of rotatable bonds is 8. The molecule has 0 spiro atoms. The molecule has 0 unspecified atom stereocenters. The highest BCUT2D eigenvalue weighted by atomic mass is 32.2. The van der Waals surface area contributed by atoms with Gasteiger partial charge < -0.3 is 5.32 Å². The van der Waals surface area contributed by atoms with E-state index in [0.29, 0.717) is 22.9 Å². The lowest BCUT2D eigenvalue weighted by molar-refractivity contribution is -0.137. The van der Waals surface area contributed by atoms with Gasteiger partial charge in [-0.1, -0.05) is 50.2 Å². The number of hydrazone groups is 1. The Morgan fingerprint density at radius 1 is 0.976 bits per heavy atom. The fourth-order valence-electron chi connectivity index (χ4n) is 3.78. The third-order valence-corrected chi connectivity index (χ3v) is 6.83. The number of alkyl halides is 3. The number of nitrogens with zero attached hydrogens (tertiary/aromatic N) is 3. The molecule has 3 aromatic carbocycles. The third kappa shape index (κ3) is 8.16. The van der Waals surface area contributed by atoms with E-state index < -0.39 is 23.7 Å². The van der Waals surface area contributed by atoms with E-state index in [0.717, 1.165) is 40.3 Å². The predicted octanol–water partition coefficient (Wildman–Crippen LogP) is 7.19. The zero-order valence-corrected chi connectivity index (χ0v) is 23.7. The summed E-state index contributed by atoms with van der Waals surface area (Å²) < 4.78 is 41.0. The fraction of sp³-hybridized carbons (Fsp3) is 0.167. The minimum atomic E-state index is -4.48. The molecule has 3 amide bonds. The van der Waals surface area contributed by atoms with Crippen molar-refractivity contribution in [2.75, 3.05) is 5.32 Å². The van der Waals surface area contributed by atoms with Crippen LogP contribution in [0.3, 0.4) is 0 Å². The molecule has 0 saturated heterocycles. The molecule has 8 nitrogen and oxygen atoms in total. The maximum Gasteiger partial charge on any atom is 0.416 e. The van der Waals surface area contributed by atoms with Crippen molar-refractivity contribution < 1.29 is 22.8 Å². The maximum atomic E-state index is 12.8. The Labute approximate surface area is 245 Å². The number of hydrogen-bond acceptors (Lipinski definition) is 6. The second-order valence-corrected chi connectivity index (χ2v) is 10.4. The molecule has 0 bridgehead atoms. The number of carbonyl (C=O) groups is 2. The van der Waals surface area contributed by atoms with Crippen molar-refractivity contribution in [2.45, 2.75) is 37.8 Å². The number of amides is 3. The van der Waals surface area contributed by atoms with Crippen molar-refractivity contribution in [2.24, 2.45) is 5.10 Å². The lowest BCUT2D eigenvalue weighted by atomic mass is 10.0. The molecule has 1 heterocycles. The van der Waals surface area contributed by atoms with Crippen LogP contribution in [-0.2, 0) is 6.18 Å². The number of anilines is 1. The quantitative estimate of drug-likeness (QED) is 0.114. The van der Waals surface area contributed by atoms with Crippen molar-refractivity contribution in [3.63, 3.8) is 0 Å². The molecule has 4 aromatic rings. The third-order valence-electron chi connectivity index (χ3n) is 5.96. The number of urea groups is 1. The van der Waals surface area contributed by atoms with Crippen LogP contribution in [0.1, 0.15) is 52.4 Å². The predicted molar refractivity (Wildman–Crippen MR) is 157 cm³/mol. The number of aromatic nitrogens is 2. The topological polar surface area (TPSA) is 108 Å². The van der Waals surface area contributed by atoms with E-state index in [1.807, 2.05) is 19.1 Å². The molecule has 12 heteroatoms. The highest BCUT2D eigenvalue weighted by molar-refractivity contribution is 7.98. The molecular formula is C30H27F3N6O2S. The van der Waals surface area contributed by atoms with E-state index >= 15 is 0 Å². The molecule has 0 atom stereocenters. The van der Waals surface area contributed by atoms with Crippen molar-refractivity contribution in [1.29, 1.82) is 0 Å². The standard InChI is InChI=1S/C30H27F3N6O2S/c1-18(2)24-13-4-19(3)16-25(24)42-39-29(41)38-35-17-20-5-7-21(8-6-20)27-34-15-14-26(36-27)37-28(40)22-9-11-23(12-10-22)30(31,32)33/h4-18H,1-3H3,(H2,38,39,41)(H,34,36,37,40)/b35-17+. The van der Waals surface area contributed by atoms with Gasteiger partial charge in [0.05, 0.1) is 11.8 Å². The summed E-state index contributed by atoms with van der Waals surface area (Å²) in [5.74, 6) is 0.234. The number of carbonyl (C=O) groups excluding carboxylic acids is 2. The number of nitrogens with one attached hydrogen (secondary N) is 3. The van der Waals surface area contributed by atoms with E-state index in [1.54, 1.807) is 24.3 Å².